The molecule has 5 rings (SSSR count). The molecule has 0 N–H and O–H groups in total. The Bertz CT molecular complexity index is 1110. The van der Waals surface area contributed by atoms with Crippen LogP contribution in [0, 0.1) is 0 Å². The third kappa shape index (κ3) is 3.06. The zero-order valence-electron chi connectivity index (χ0n) is 16.0. The standard InChI is InChI=1S/C21H16F3N5O2/c22-21(23,24)17-20(13-28(19(30)31-20)12-14-6-2-1-3-7-14)16-15(8-4-9-25-16)29(17)18-26-10-5-11-27-18/h1-11,17H,12-13H2. The molecule has 10 heteroatoms. The number of carbonyl (C=O) groups excluding carboxylic acids is 1. The first-order valence-electron chi connectivity index (χ1n) is 9.50. The first-order chi connectivity index (χ1) is 14.9. The van der Waals surface area contributed by atoms with Crippen molar-refractivity contribution < 1.29 is 22.7 Å². The van der Waals surface area contributed by atoms with Gasteiger partial charge in [-0.3, -0.25) is 14.8 Å². The molecule has 2 aromatic heterocycles. The lowest BCUT2D eigenvalue weighted by Gasteiger charge is -2.34. The Kier molecular flexibility index (Phi) is 4.31. The normalized spacial score (nSPS) is 22.7. The molecular weight excluding hydrogens is 411 g/mol. The number of carbonyl (C=O) groups is 1. The average Bonchev–Trinajstić information content (AvgIpc) is 3.23. The van der Waals surface area contributed by atoms with E-state index in [1.165, 1.54) is 41.7 Å². The van der Waals surface area contributed by atoms with Crippen LogP contribution in [0.4, 0.5) is 29.6 Å². The van der Waals surface area contributed by atoms with Crippen LogP contribution in [0.3, 0.4) is 0 Å². The zero-order valence-corrected chi connectivity index (χ0v) is 16.0. The first kappa shape index (κ1) is 19.3. The summed E-state index contributed by atoms with van der Waals surface area (Å²) in [5, 5.41) is 0. The third-order valence-electron chi connectivity index (χ3n) is 5.39. The summed E-state index contributed by atoms with van der Waals surface area (Å²) in [6.45, 7) is -0.186. The molecule has 1 spiro atoms. The topological polar surface area (TPSA) is 71.5 Å². The van der Waals surface area contributed by atoms with E-state index in [2.05, 4.69) is 15.0 Å². The minimum Gasteiger partial charge on any atom is -0.432 e. The second-order valence-corrected chi connectivity index (χ2v) is 7.33. The predicted octanol–water partition coefficient (Wildman–Crippen LogP) is 3.80. The number of halogens is 3. The minimum atomic E-state index is -4.76. The fourth-order valence-corrected chi connectivity index (χ4v) is 4.23. The average molecular weight is 427 g/mol. The van der Waals surface area contributed by atoms with Crippen LogP contribution in [-0.4, -0.2) is 44.7 Å². The molecule has 7 nitrogen and oxygen atoms in total. The van der Waals surface area contributed by atoms with Gasteiger partial charge >= 0.3 is 12.3 Å². The summed E-state index contributed by atoms with van der Waals surface area (Å²) in [7, 11) is 0. The summed E-state index contributed by atoms with van der Waals surface area (Å²) < 4.78 is 49.0. The lowest BCUT2D eigenvalue weighted by atomic mass is 9.92. The van der Waals surface area contributed by atoms with Gasteiger partial charge in [0.15, 0.2) is 6.04 Å². The Morgan fingerprint density at radius 3 is 2.42 bits per heavy atom. The summed E-state index contributed by atoms with van der Waals surface area (Å²) in [6, 6.07) is 11.3. The number of fused-ring (bicyclic) bond motifs is 2. The lowest BCUT2D eigenvalue weighted by Crippen LogP contribution is -2.55. The zero-order chi connectivity index (χ0) is 21.6. The van der Waals surface area contributed by atoms with Crippen LogP contribution >= 0.6 is 0 Å². The van der Waals surface area contributed by atoms with Gasteiger partial charge in [-0.1, -0.05) is 30.3 Å². The Labute approximate surface area is 175 Å². The number of ether oxygens (including phenoxy) is 1. The molecular formula is C21H16F3N5O2. The maximum absolute atomic E-state index is 14.5. The summed E-state index contributed by atoms with van der Waals surface area (Å²) in [4.78, 5) is 27.2. The van der Waals surface area contributed by atoms with E-state index in [4.69, 9.17) is 4.74 Å². The van der Waals surface area contributed by atoms with Gasteiger partial charge in [-0.15, -0.1) is 0 Å². The van der Waals surface area contributed by atoms with E-state index in [9.17, 15) is 18.0 Å². The number of pyridine rings is 1. The van der Waals surface area contributed by atoms with Gasteiger partial charge in [0.25, 0.3) is 0 Å². The molecule has 1 saturated heterocycles. The molecule has 2 aliphatic rings. The quantitative estimate of drug-likeness (QED) is 0.633. The Morgan fingerprint density at radius 2 is 1.71 bits per heavy atom. The predicted molar refractivity (Wildman–Crippen MR) is 103 cm³/mol. The fraction of sp³-hybridized carbons (Fsp3) is 0.238. The third-order valence-corrected chi connectivity index (χ3v) is 5.39. The number of amides is 1. The van der Waals surface area contributed by atoms with E-state index in [0.717, 1.165) is 10.5 Å². The van der Waals surface area contributed by atoms with Crippen molar-refractivity contribution in [3.8, 4) is 0 Å². The van der Waals surface area contributed by atoms with Crippen molar-refractivity contribution in [2.75, 3.05) is 11.4 Å². The number of rotatable bonds is 3. The monoisotopic (exact) mass is 427 g/mol. The second kappa shape index (κ2) is 6.93. The van der Waals surface area contributed by atoms with E-state index in [0.29, 0.717) is 0 Å². The van der Waals surface area contributed by atoms with Gasteiger partial charge in [0.2, 0.25) is 11.5 Å². The van der Waals surface area contributed by atoms with Gasteiger partial charge in [0.1, 0.15) is 5.69 Å². The van der Waals surface area contributed by atoms with E-state index < -0.39 is 23.9 Å². The molecule has 0 bridgehead atoms. The van der Waals surface area contributed by atoms with E-state index in [1.807, 2.05) is 6.07 Å². The number of hydrogen-bond donors (Lipinski definition) is 0. The maximum atomic E-state index is 14.5. The van der Waals surface area contributed by atoms with Crippen molar-refractivity contribution in [2.24, 2.45) is 0 Å². The fourth-order valence-electron chi connectivity index (χ4n) is 4.23. The smallest absolute Gasteiger partial charge is 0.413 e. The molecule has 1 amide bonds. The van der Waals surface area contributed by atoms with Gasteiger partial charge in [-0.05, 0) is 23.8 Å². The minimum absolute atomic E-state index is 0.0358. The number of nitrogens with zero attached hydrogens (tertiary/aromatic N) is 5. The van der Waals surface area contributed by atoms with Crippen molar-refractivity contribution in [3.05, 3.63) is 78.4 Å². The highest BCUT2D eigenvalue weighted by Gasteiger charge is 2.70. The van der Waals surface area contributed by atoms with Crippen molar-refractivity contribution >= 4 is 17.7 Å². The molecule has 1 aromatic carbocycles. The maximum Gasteiger partial charge on any atom is 0.413 e. The first-order valence-corrected chi connectivity index (χ1v) is 9.50. The Hall–Kier alpha value is -3.69. The van der Waals surface area contributed by atoms with Crippen LogP contribution < -0.4 is 4.90 Å². The van der Waals surface area contributed by atoms with Crippen LogP contribution in [-0.2, 0) is 16.9 Å². The van der Waals surface area contributed by atoms with E-state index >= 15 is 0 Å². The van der Waals surface area contributed by atoms with E-state index in [1.54, 1.807) is 24.3 Å². The number of aromatic nitrogens is 3. The molecule has 31 heavy (non-hydrogen) atoms. The number of alkyl halides is 3. The molecule has 1 fully saturated rings. The summed E-state index contributed by atoms with van der Waals surface area (Å²) in [5.74, 6) is -0.145. The van der Waals surface area contributed by atoms with Gasteiger partial charge < -0.3 is 4.74 Å². The van der Waals surface area contributed by atoms with Crippen LogP contribution in [0.1, 0.15) is 11.3 Å². The molecule has 4 heterocycles. The van der Waals surface area contributed by atoms with Crippen molar-refractivity contribution in [2.45, 2.75) is 24.4 Å². The Morgan fingerprint density at radius 1 is 1.00 bits per heavy atom. The van der Waals surface area contributed by atoms with Crippen molar-refractivity contribution in [3.63, 3.8) is 0 Å². The van der Waals surface area contributed by atoms with Gasteiger partial charge in [0, 0.05) is 25.1 Å². The van der Waals surface area contributed by atoms with Crippen LogP contribution in [0.25, 0.3) is 0 Å². The highest BCUT2D eigenvalue weighted by molar-refractivity contribution is 5.76. The highest BCUT2D eigenvalue weighted by Crippen LogP contribution is 2.55. The molecule has 2 aliphatic heterocycles. The summed E-state index contributed by atoms with van der Waals surface area (Å²) in [5.41, 5.74) is -1.07. The molecule has 2 atom stereocenters. The molecule has 158 valence electrons. The molecule has 0 aliphatic carbocycles. The summed E-state index contributed by atoms with van der Waals surface area (Å²) in [6.07, 6.45) is -1.48. The number of benzene rings is 1. The van der Waals surface area contributed by atoms with Crippen molar-refractivity contribution in [1.29, 1.82) is 0 Å². The second-order valence-electron chi connectivity index (χ2n) is 7.33. The van der Waals surface area contributed by atoms with Crippen LogP contribution in [0.15, 0.2) is 67.1 Å². The largest absolute Gasteiger partial charge is 0.432 e. The summed E-state index contributed by atoms with van der Waals surface area (Å²) >= 11 is 0. The van der Waals surface area contributed by atoms with Gasteiger partial charge in [0.05, 0.1) is 12.2 Å². The number of anilines is 2. The molecule has 2 unspecified atom stereocenters. The van der Waals surface area contributed by atoms with Crippen molar-refractivity contribution in [1.82, 2.24) is 19.9 Å². The molecule has 0 radical (unpaired) electrons. The van der Waals surface area contributed by atoms with Gasteiger partial charge in [-0.2, -0.15) is 13.2 Å². The lowest BCUT2D eigenvalue weighted by molar-refractivity contribution is -0.184. The van der Waals surface area contributed by atoms with E-state index in [-0.39, 0.29) is 30.4 Å². The number of hydrogen-bond acceptors (Lipinski definition) is 6. The highest BCUT2D eigenvalue weighted by atomic mass is 19.4. The Balaban J connectivity index is 1.62. The SMILES string of the molecule is O=C1OC2(CN1Cc1ccccc1)c1ncccc1N(c1ncccn1)C2C(F)(F)F. The van der Waals surface area contributed by atoms with Crippen LogP contribution in [0.5, 0.6) is 0 Å². The molecule has 0 saturated carbocycles. The van der Waals surface area contributed by atoms with Crippen LogP contribution in [0.2, 0.25) is 0 Å². The molecule has 3 aromatic rings. The van der Waals surface area contributed by atoms with Gasteiger partial charge in [-0.25, -0.2) is 14.8 Å².